The SMILES string of the molecule is CC(=O)N1CCN(Cc2c(-c3ccc(Cl)cc3)nc3ccc(-c4c(F)cccc4F)cn23)CC1.CN(CC(=O)N(C)C)Cc1c(-c2ccc(Cl)cc2)nc2ccc(-c3ccccc3)cn12.O=C(c1cocn1)N1CCN(Cc2c(-c3ccc(Cl)cc3)nc3ccc(-c4ccccc4)cn23)CC1.O=C1CCN(Cc2c(-c3ccc(Cl)cc3)nc3ccc(-c4ccccc4)cn23)CCN1. The van der Waals surface area contributed by atoms with Crippen LogP contribution >= 0.6 is 46.4 Å². The molecule has 0 unspecified atom stereocenters. The van der Waals surface area contributed by atoms with Crippen LogP contribution in [0.4, 0.5) is 8.78 Å². The number of nitrogens with one attached hydrogen (secondary N) is 1. The quantitative estimate of drug-likeness (QED) is 0.0802. The summed E-state index contributed by atoms with van der Waals surface area (Å²) in [5, 5.41) is 5.68. The van der Waals surface area contributed by atoms with E-state index in [4.69, 9.17) is 70.8 Å². The molecule has 28 heteroatoms. The average Bonchev–Trinajstić information content (AvgIpc) is 1.63. The van der Waals surface area contributed by atoms with E-state index in [9.17, 15) is 28.0 Å². The van der Waals surface area contributed by atoms with E-state index in [0.29, 0.717) is 109 Å². The van der Waals surface area contributed by atoms with Crippen molar-refractivity contribution in [1.82, 2.24) is 82.1 Å². The number of halogens is 6. The van der Waals surface area contributed by atoms with Crippen LogP contribution in [0.25, 0.3) is 112 Å². The number of likely N-dealkylation sites (N-methyl/N-ethyl adjacent to an activating group) is 2. The molecule has 22 nitrogen and oxygen atoms in total. The number of carbonyl (C=O) groups excluding carboxylic acids is 4. The third-order valence-electron chi connectivity index (χ3n) is 23.9. The van der Waals surface area contributed by atoms with Crippen LogP contribution in [0.1, 0.15) is 46.6 Å². The first-order valence-electron chi connectivity index (χ1n) is 43.6. The largest absolute Gasteiger partial charge is 0.451 e. The fourth-order valence-electron chi connectivity index (χ4n) is 16.8. The van der Waals surface area contributed by atoms with Gasteiger partial charge in [0, 0.05) is 198 Å². The van der Waals surface area contributed by atoms with Gasteiger partial charge in [0.1, 0.15) is 40.5 Å². The van der Waals surface area contributed by atoms with Crippen LogP contribution in [-0.2, 0) is 40.6 Å². The summed E-state index contributed by atoms with van der Waals surface area (Å²) >= 11 is 24.5. The number of hydrogen-bond acceptors (Lipinski definition) is 14. The Morgan fingerprint density at radius 3 is 1.11 bits per heavy atom. The lowest BCUT2D eigenvalue weighted by atomic mass is 10.1. The van der Waals surface area contributed by atoms with Crippen molar-refractivity contribution in [1.29, 1.82) is 0 Å². The van der Waals surface area contributed by atoms with Crippen molar-refractivity contribution in [2.45, 2.75) is 39.5 Å². The first-order valence-corrected chi connectivity index (χ1v) is 45.1. The molecule has 0 radical (unpaired) electrons. The molecule has 20 rings (SSSR count). The molecule has 3 aliphatic heterocycles. The fourth-order valence-corrected chi connectivity index (χ4v) is 17.3. The molecule has 0 aliphatic carbocycles. The van der Waals surface area contributed by atoms with E-state index in [2.05, 4.69) is 136 Å². The van der Waals surface area contributed by atoms with Gasteiger partial charge in [0.15, 0.2) is 12.1 Å². The number of piperazine rings is 2. The number of amides is 4. The molecule has 132 heavy (non-hydrogen) atoms. The molecule has 4 amide bonds. The summed E-state index contributed by atoms with van der Waals surface area (Å²) in [6.45, 7) is 12.3. The third kappa shape index (κ3) is 21.2. The van der Waals surface area contributed by atoms with Gasteiger partial charge in [-0.15, -0.1) is 0 Å². The molecule has 3 aliphatic rings. The Kier molecular flexibility index (Phi) is 28.3. The highest BCUT2D eigenvalue weighted by Crippen LogP contribution is 2.37. The summed E-state index contributed by atoms with van der Waals surface area (Å²) in [6.07, 6.45) is 11.4. The Labute approximate surface area is 783 Å². The molecule has 0 spiro atoms. The second-order valence-corrected chi connectivity index (χ2v) is 34.7. The third-order valence-corrected chi connectivity index (χ3v) is 24.9. The number of carbonyl (C=O) groups is 4. The van der Waals surface area contributed by atoms with Gasteiger partial charge in [0.2, 0.25) is 17.7 Å². The lowest BCUT2D eigenvalue weighted by Crippen LogP contribution is -2.48. The lowest BCUT2D eigenvalue weighted by Gasteiger charge is -2.34. The smallest absolute Gasteiger partial charge is 0.275 e. The summed E-state index contributed by atoms with van der Waals surface area (Å²) in [7, 11) is 5.50. The molecule has 12 heterocycles. The van der Waals surface area contributed by atoms with E-state index < -0.39 is 11.6 Å². The van der Waals surface area contributed by atoms with E-state index >= 15 is 0 Å². The van der Waals surface area contributed by atoms with Crippen LogP contribution in [0, 0.1) is 11.6 Å². The van der Waals surface area contributed by atoms with Crippen molar-refractivity contribution in [3.63, 3.8) is 0 Å². The van der Waals surface area contributed by atoms with Crippen molar-refractivity contribution in [3.8, 4) is 89.5 Å². The van der Waals surface area contributed by atoms with Crippen LogP contribution in [0.15, 0.2) is 297 Å². The summed E-state index contributed by atoms with van der Waals surface area (Å²) in [4.78, 5) is 86.3. The van der Waals surface area contributed by atoms with Gasteiger partial charge in [0.25, 0.3) is 5.91 Å². The second-order valence-electron chi connectivity index (χ2n) is 33.0. The van der Waals surface area contributed by atoms with Gasteiger partial charge in [-0.05, 0) is 150 Å². The van der Waals surface area contributed by atoms with E-state index in [-0.39, 0.29) is 29.2 Å². The molecule has 1 N–H and O–H groups in total. The molecule has 17 aromatic rings. The molecule has 9 aromatic heterocycles. The van der Waals surface area contributed by atoms with Crippen LogP contribution in [0.3, 0.4) is 0 Å². The topological polar surface area (TPSA) is 198 Å². The van der Waals surface area contributed by atoms with Crippen molar-refractivity contribution in [3.05, 3.63) is 352 Å². The Morgan fingerprint density at radius 2 is 0.742 bits per heavy atom. The van der Waals surface area contributed by atoms with E-state index in [1.54, 1.807) is 44.2 Å². The molecule has 0 bridgehead atoms. The van der Waals surface area contributed by atoms with Gasteiger partial charge < -0.3 is 42.0 Å². The number of fused-ring (bicyclic) bond motifs is 4. The summed E-state index contributed by atoms with van der Waals surface area (Å²) in [5.74, 6) is -1.06. The van der Waals surface area contributed by atoms with Crippen LogP contribution < -0.4 is 5.32 Å². The Hall–Kier alpha value is -13.5. The van der Waals surface area contributed by atoms with Crippen molar-refractivity contribution in [2.24, 2.45) is 0 Å². The molecule has 668 valence electrons. The van der Waals surface area contributed by atoms with E-state index in [1.165, 1.54) is 36.4 Å². The molecule has 8 aromatic carbocycles. The number of pyridine rings is 4. The molecule has 0 saturated carbocycles. The maximum atomic E-state index is 14.5. The summed E-state index contributed by atoms with van der Waals surface area (Å²) in [5.41, 5.74) is 22.6. The number of aromatic nitrogens is 9. The van der Waals surface area contributed by atoms with Crippen LogP contribution in [0.5, 0.6) is 0 Å². The molecule has 3 fully saturated rings. The highest BCUT2D eigenvalue weighted by atomic mass is 35.5. The zero-order chi connectivity index (χ0) is 91.5. The van der Waals surface area contributed by atoms with Gasteiger partial charge in [-0.3, -0.25) is 38.8 Å². The number of benzene rings is 8. The maximum absolute atomic E-state index is 14.5. The zero-order valence-corrected chi connectivity index (χ0v) is 76.2. The van der Waals surface area contributed by atoms with E-state index in [0.717, 1.165) is 152 Å². The highest BCUT2D eigenvalue weighted by Gasteiger charge is 2.29. The van der Waals surface area contributed by atoms with Gasteiger partial charge in [-0.25, -0.2) is 33.7 Å². The highest BCUT2D eigenvalue weighted by molar-refractivity contribution is 6.31. The molecule has 0 atom stereocenters. The Balaban J connectivity index is 0.000000123. The number of imidazole rings is 4. The maximum Gasteiger partial charge on any atom is 0.275 e. The molecular weight excluding hydrogens is 1750 g/mol. The average molecular weight is 1840 g/mol. The summed E-state index contributed by atoms with van der Waals surface area (Å²) < 4.78 is 42.4. The normalized spacial score (nSPS) is 13.9. The first-order chi connectivity index (χ1) is 64.1. The minimum Gasteiger partial charge on any atom is -0.451 e. The van der Waals surface area contributed by atoms with Gasteiger partial charge >= 0.3 is 0 Å². The van der Waals surface area contributed by atoms with Crippen molar-refractivity contribution >= 4 is 92.6 Å². The lowest BCUT2D eigenvalue weighted by molar-refractivity contribution is -0.131. The first kappa shape index (κ1) is 90.4. The second kappa shape index (κ2) is 41.3. The number of hydrogen-bond donors (Lipinski definition) is 1. The Bertz CT molecular complexity index is 6910. The zero-order valence-electron chi connectivity index (χ0n) is 73.2. The predicted molar refractivity (Wildman–Crippen MR) is 517 cm³/mol. The van der Waals surface area contributed by atoms with E-state index in [1.807, 2.05) is 172 Å². The van der Waals surface area contributed by atoms with Crippen molar-refractivity contribution < 1.29 is 32.4 Å². The van der Waals surface area contributed by atoms with Gasteiger partial charge in [-0.1, -0.05) is 192 Å². The minimum absolute atomic E-state index is 0.0628. The molecular formula is C104H95Cl4F2N17O5. The Morgan fingerprint density at radius 1 is 0.394 bits per heavy atom. The van der Waals surface area contributed by atoms with Gasteiger partial charge in [-0.2, -0.15) is 0 Å². The molecule has 3 saturated heterocycles. The van der Waals surface area contributed by atoms with Crippen molar-refractivity contribution in [2.75, 3.05) is 99.7 Å². The summed E-state index contributed by atoms with van der Waals surface area (Å²) in [6, 6.07) is 81.6. The van der Waals surface area contributed by atoms with Gasteiger partial charge in [0.05, 0.1) is 57.7 Å². The number of oxazole rings is 1. The van der Waals surface area contributed by atoms with Crippen LogP contribution in [-0.4, -0.2) is 200 Å². The predicted octanol–water partition coefficient (Wildman–Crippen LogP) is 20.0. The number of rotatable bonds is 19. The standard InChI is InChI=1S/C28H24ClN5O2.C26H23ClF2N4O.C25H23ClN4O.C25H25ClN4O/c29-23-9-6-21(7-10-23)27-25(17-32-12-14-33(15-13-32)28(35)24-18-36-19-30-24)34-16-22(8-11-26(34)31-27)20-4-2-1-3-5-20;1-17(34)32-13-11-31(12-14-32)16-23-26(18-5-8-20(27)9-6-18)30-24-10-7-19(15-33(23)24)25-21(28)3-2-4-22(25)29;26-21-9-6-19(7-10-21)25-22(17-29-14-12-24(31)27-13-15-29)30-16-20(8-11-23(30)28-25)18-4-2-1-3-5-18;1-28(2)24(31)17-29(3)16-22-25(19-9-12-21(26)13-10-19)27-23-14-11-20(15-30(22)23)18-7-5-4-6-8-18/h1-11,16,18-19H,12-15,17H2;2-10,15H,11-14,16H2,1H3;1-11,16H,12-15,17H2,(H,27,31);4-15H,16-17H2,1-3H3. The fraction of sp³-hybridized carbons (Fsp3) is 0.202. The van der Waals surface area contributed by atoms with Crippen LogP contribution in [0.2, 0.25) is 20.1 Å². The monoisotopic (exact) mass is 1840 g/mol. The minimum atomic E-state index is -0.612. The number of nitrogens with zero attached hydrogens (tertiary/aromatic N) is 16.